The summed E-state index contributed by atoms with van der Waals surface area (Å²) in [4.78, 5) is 50.9. The topological polar surface area (TPSA) is 125 Å². The van der Waals surface area contributed by atoms with E-state index in [9.17, 15) is 24.3 Å². The Morgan fingerprint density at radius 1 is 1.00 bits per heavy atom. The van der Waals surface area contributed by atoms with Gasteiger partial charge in [0.25, 0.3) is 5.91 Å². The van der Waals surface area contributed by atoms with Gasteiger partial charge < -0.3 is 25.4 Å². The summed E-state index contributed by atoms with van der Waals surface area (Å²) in [5.74, 6) is -1.43. The van der Waals surface area contributed by atoms with Gasteiger partial charge in [0, 0.05) is 30.7 Å². The molecule has 1 saturated carbocycles. The molecule has 2 atom stereocenters. The normalized spacial score (nSPS) is 21.9. The standard InChI is InChI=1S/C33H43N3O6/c1-33(2,3)42-32(41)35-27-18-25(19-27)23-11-13-24(14-12-23)30(39)34-16-15-28-20-26(21-29(37)38)31(40)36(28)17-7-10-22-8-5-4-6-9-22/h4-6,8-9,11-14,25-28H,7,10,15-21H2,1-3H3,(H,34,39)(H,35,41)(H,37,38)/t25?,26-,27?,28+/m0/s1. The quantitative estimate of drug-likeness (QED) is 0.330. The highest BCUT2D eigenvalue weighted by Gasteiger charge is 2.39. The summed E-state index contributed by atoms with van der Waals surface area (Å²) in [6.07, 6.45) is 3.80. The number of hydrogen-bond acceptors (Lipinski definition) is 5. The third kappa shape index (κ3) is 8.81. The molecular weight excluding hydrogens is 534 g/mol. The number of carbonyl (C=O) groups excluding carboxylic acids is 3. The van der Waals surface area contributed by atoms with Gasteiger partial charge in [-0.2, -0.15) is 0 Å². The van der Waals surface area contributed by atoms with Crippen LogP contribution in [0.2, 0.25) is 0 Å². The third-order valence-electron chi connectivity index (χ3n) is 8.02. The molecular formula is C33H43N3O6. The number of ether oxygens (including phenoxy) is 1. The zero-order valence-corrected chi connectivity index (χ0v) is 24.8. The highest BCUT2D eigenvalue weighted by Crippen LogP contribution is 2.37. The van der Waals surface area contributed by atoms with Crippen molar-refractivity contribution in [2.75, 3.05) is 13.1 Å². The Labute approximate surface area is 248 Å². The summed E-state index contributed by atoms with van der Waals surface area (Å²) in [6, 6.07) is 17.6. The minimum atomic E-state index is -0.966. The van der Waals surface area contributed by atoms with Gasteiger partial charge in [0.1, 0.15) is 5.60 Å². The molecule has 42 heavy (non-hydrogen) atoms. The Morgan fingerprint density at radius 3 is 2.33 bits per heavy atom. The second-order valence-corrected chi connectivity index (χ2v) is 12.5. The van der Waals surface area contributed by atoms with E-state index in [1.807, 2.05) is 68.1 Å². The van der Waals surface area contributed by atoms with Crippen LogP contribution in [0, 0.1) is 5.92 Å². The minimum Gasteiger partial charge on any atom is -0.481 e. The predicted molar refractivity (Wildman–Crippen MR) is 159 cm³/mol. The summed E-state index contributed by atoms with van der Waals surface area (Å²) in [5.41, 5.74) is 2.38. The van der Waals surface area contributed by atoms with E-state index in [1.165, 1.54) is 5.56 Å². The van der Waals surface area contributed by atoms with Gasteiger partial charge in [-0.3, -0.25) is 14.4 Å². The zero-order valence-electron chi connectivity index (χ0n) is 24.8. The molecule has 2 aromatic carbocycles. The number of rotatable bonds is 12. The number of carboxylic acids is 1. The molecule has 226 valence electrons. The van der Waals surface area contributed by atoms with Gasteiger partial charge in [-0.25, -0.2) is 4.79 Å². The lowest BCUT2D eigenvalue weighted by molar-refractivity contribution is -0.142. The Balaban J connectivity index is 1.23. The molecule has 2 aromatic rings. The van der Waals surface area contributed by atoms with E-state index in [1.54, 1.807) is 0 Å². The van der Waals surface area contributed by atoms with Crippen LogP contribution in [0.15, 0.2) is 54.6 Å². The van der Waals surface area contributed by atoms with Crippen molar-refractivity contribution in [1.82, 2.24) is 15.5 Å². The van der Waals surface area contributed by atoms with Gasteiger partial charge in [0.15, 0.2) is 0 Å². The molecule has 9 heteroatoms. The van der Waals surface area contributed by atoms with Crippen LogP contribution < -0.4 is 10.6 Å². The molecule has 1 aliphatic heterocycles. The van der Waals surface area contributed by atoms with Crippen LogP contribution in [0.25, 0.3) is 0 Å². The number of aryl methyl sites for hydroxylation is 1. The molecule has 0 radical (unpaired) electrons. The van der Waals surface area contributed by atoms with Gasteiger partial charge >= 0.3 is 12.1 Å². The number of alkyl carbamates (subject to hydrolysis) is 1. The van der Waals surface area contributed by atoms with Gasteiger partial charge in [-0.05, 0) is 88.5 Å². The molecule has 3 amide bonds. The monoisotopic (exact) mass is 577 g/mol. The number of aliphatic carboxylic acids is 1. The zero-order chi connectivity index (χ0) is 30.3. The van der Waals surface area contributed by atoms with Crippen molar-refractivity contribution in [3.05, 3.63) is 71.3 Å². The van der Waals surface area contributed by atoms with Crippen molar-refractivity contribution in [1.29, 1.82) is 0 Å². The van der Waals surface area contributed by atoms with Crippen molar-refractivity contribution in [3.63, 3.8) is 0 Å². The van der Waals surface area contributed by atoms with Gasteiger partial charge in [-0.15, -0.1) is 0 Å². The van der Waals surface area contributed by atoms with E-state index in [-0.39, 0.29) is 30.3 Å². The molecule has 0 aromatic heterocycles. The average molecular weight is 578 g/mol. The fourth-order valence-electron chi connectivity index (χ4n) is 5.86. The highest BCUT2D eigenvalue weighted by atomic mass is 16.6. The maximum atomic E-state index is 13.0. The first-order chi connectivity index (χ1) is 20.0. The lowest BCUT2D eigenvalue weighted by atomic mass is 9.76. The number of carbonyl (C=O) groups is 4. The van der Waals surface area contributed by atoms with Crippen LogP contribution in [-0.4, -0.2) is 64.7 Å². The largest absolute Gasteiger partial charge is 0.481 e. The first kappa shape index (κ1) is 31.1. The van der Waals surface area contributed by atoms with Crippen molar-refractivity contribution in [2.45, 2.75) is 89.3 Å². The molecule has 0 unspecified atom stereocenters. The van der Waals surface area contributed by atoms with Crippen LogP contribution in [0.1, 0.15) is 86.7 Å². The van der Waals surface area contributed by atoms with E-state index in [4.69, 9.17) is 4.74 Å². The van der Waals surface area contributed by atoms with Gasteiger partial charge in [0.2, 0.25) is 5.91 Å². The van der Waals surface area contributed by atoms with Gasteiger partial charge in [0.05, 0.1) is 12.3 Å². The minimum absolute atomic E-state index is 0.0864. The summed E-state index contributed by atoms with van der Waals surface area (Å²) in [5, 5.41) is 15.1. The van der Waals surface area contributed by atoms with Crippen molar-refractivity contribution >= 4 is 23.9 Å². The lowest BCUT2D eigenvalue weighted by Gasteiger charge is -2.36. The first-order valence-corrected chi connectivity index (χ1v) is 14.9. The SMILES string of the molecule is CC(C)(C)OC(=O)NC1CC(c2ccc(C(=O)NCC[C@@H]3C[C@@H](CC(=O)O)C(=O)N3CCCc3ccccc3)cc2)C1. The number of likely N-dealkylation sites (tertiary alicyclic amines) is 1. The molecule has 1 aliphatic carbocycles. The maximum absolute atomic E-state index is 13.0. The number of amides is 3. The Bertz CT molecular complexity index is 1230. The lowest BCUT2D eigenvalue weighted by Crippen LogP contribution is -2.45. The van der Waals surface area contributed by atoms with Crippen LogP contribution in [0.5, 0.6) is 0 Å². The first-order valence-electron chi connectivity index (χ1n) is 14.9. The molecule has 4 rings (SSSR count). The molecule has 0 bridgehead atoms. The Kier molecular flexibility index (Phi) is 10.2. The second-order valence-electron chi connectivity index (χ2n) is 12.5. The molecule has 1 saturated heterocycles. The van der Waals surface area contributed by atoms with E-state index in [0.717, 1.165) is 31.2 Å². The molecule has 2 fully saturated rings. The number of hydrogen-bond donors (Lipinski definition) is 3. The maximum Gasteiger partial charge on any atom is 0.407 e. The van der Waals surface area contributed by atoms with Crippen molar-refractivity contribution < 1.29 is 29.0 Å². The highest BCUT2D eigenvalue weighted by molar-refractivity contribution is 5.94. The summed E-state index contributed by atoms with van der Waals surface area (Å²) in [6.45, 7) is 6.48. The molecule has 9 nitrogen and oxygen atoms in total. The van der Waals surface area contributed by atoms with Crippen LogP contribution in [0.4, 0.5) is 4.79 Å². The average Bonchev–Trinajstić information content (AvgIpc) is 3.19. The third-order valence-corrected chi connectivity index (χ3v) is 8.02. The fourth-order valence-corrected chi connectivity index (χ4v) is 5.86. The summed E-state index contributed by atoms with van der Waals surface area (Å²) in [7, 11) is 0. The van der Waals surface area contributed by atoms with Crippen LogP contribution in [0.3, 0.4) is 0 Å². The van der Waals surface area contributed by atoms with E-state index in [2.05, 4.69) is 22.8 Å². The summed E-state index contributed by atoms with van der Waals surface area (Å²) < 4.78 is 5.32. The fraction of sp³-hybridized carbons (Fsp3) is 0.515. The molecule has 0 spiro atoms. The van der Waals surface area contributed by atoms with E-state index >= 15 is 0 Å². The predicted octanol–water partition coefficient (Wildman–Crippen LogP) is 4.90. The smallest absolute Gasteiger partial charge is 0.407 e. The van der Waals surface area contributed by atoms with Crippen LogP contribution in [-0.2, 0) is 20.7 Å². The molecule has 3 N–H and O–H groups in total. The van der Waals surface area contributed by atoms with E-state index in [0.29, 0.717) is 37.4 Å². The van der Waals surface area contributed by atoms with Crippen molar-refractivity contribution in [2.24, 2.45) is 5.92 Å². The van der Waals surface area contributed by atoms with E-state index < -0.39 is 23.6 Å². The Hall–Kier alpha value is -3.88. The van der Waals surface area contributed by atoms with Gasteiger partial charge in [-0.1, -0.05) is 42.5 Å². The Morgan fingerprint density at radius 2 is 1.69 bits per heavy atom. The number of carboxylic acid groups (broad SMARTS) is 1. The van der Waals surface area contributed by atoms with Crippen LogP contribution >= 0.6 is 0 Å². The molecule has 1 heterocycles. The second kappa shape index (κ2) is 13.9. The number of benzene rings is 2. The van der Waals surface area contributed by atoms with Crippen molar-refractivity contribution in [3.8, 4) is 0 Å². The molecule has 2 aliphatic rings. The number of nitrogens with zero attached hydrogens (tertiary/aromatic N) is 1. The number of nitrogens with one attached hydrogen (secondary N) is 2. The summed E-state index contributed by atoms with van der Waals surface area (Å²) >= 11 is 0.